The summed E-state index contributed by atoms with van der Waals surface area (Å²) in [6.45, 7) is 6.64. The Morgan fingerprint density at radius 2 is 2.20 bits per heavy atom. The lowest BCUT2D eigenvalue weighted by Gasteiger charge is -2.26. The van der Waals surface area contributed by atoms with E-state index in [2.05, 4.69) is 16.2 Å². The van der Waals surface area contributed by atoms with E-state index in [1.54, 1.807) is 32.0 Å². The van der Waals surface area contributed by atoms with Crippen molar-refractivity contribution < 1.29 is 14.3 Å². The molecule has 25 heavy (non-hydrogen) atoms. The number of halogens is 1. The quantitative estimate of drug-likeness (QED) is 0.534. The average molecular weight is 386 g/mol. The van der Waals surface area contributed by atoms with Crippen molar-refractivity contribution >= 4 is 34.8 Å². The Bertz CT molecular complexity index is 634. The maximum Gasteiger partial charge on any atom is 0.281 e. The van der Waals surface area contributed by atoms with Crippen molar-refractivity contribution in [1.82, 2.24) is 16.2 Å². The summed E-state index contributed by atoms with van der Waals surface area (Å²) in [7, 11) is 0. The monoisotopic (exact) mass is 385 g/mol. The van der Waals surface area contributed by atoms with Crippen LogP contribution in [0.4, 0.5) is 0 Å². The highest BCUT2D eigenvalue weighted by atomic mass is 35.5. The Labute approximate surface area is 158 Å². The van der Waals surface area contributed by atoms with Crippen LogP contribution in [0.15, 0.2) is 18.2 Å². The average Bonchev–Trinajstić information content (AvgIpc) is 3.07. The number of benzene rings is 1. The minimum absolute atomic E-state index is 0.170. The molecule has 1 saturated heterocycles. The van der Waals surface area contributed by atoms with Gasteiger partial charge in [-0.1, -0.05) is 11.6 Å². The van der Waals surface area contributed by atoms with Gasteiger partial charge in [-0.3, -0.25) is 15.6 Å². The smallest absolute Gasteiger partial charge is 0.281 e. The van der Waals surface area contributed by atoms with Crippen molar-refractivity contribution in [2.45, 2.75) is 45.3 Å². The minimum atomic E-state index is -1.09. The Morgan fingerprint density at radius 3 is 2.84 bits per heavy atom. The SMILES string of the molecule is Cc1cc(OC(C)(C)C(=O)NNC(=S)NC[C@@H]2CCCO2)ccc1Cl. The fourth-order valence-electron chi connectivity index (χ4n) is 2.34. The zero-order valence-electron chi connectivity index (χ0n) is 14.6. The highest BCUT2D eigenvalue weighted by molar-refractivity contribution is 7.80. The summed E-state index contributed by atoms with van der Waals surface area (Å²) in [5.74, 6) is 0.225. The highest BCUT2D eigenvalue weighted by Gasteiger charge is 2.30. The van der Waals surface area contributed by atoms with Crippen molar-refractivity contribution in [2.75, 3.05) is 13.2 Å². The molecule has 0 bridgehead atoms. The molecule has 1 fully saturated rings. The first kappa shape index (κ1) is 19.8. The first-order chi connectivity index (χ1) is 11.8. The summed E-state index contributed by atoms with van der Waals surface area (Å²) in [4.78, 5) is 12.3. The van der Waals surface area contributed by atoms with Crippen molar-refractivity contribution in [3.8, 4) is 5.75 Å². The number of rotatable bonds is 5. The van der Waals surface area contributed by atoms with Crippen LogP contribution in [0.5, 0.6) is 5.75 Å². The second-order valence-corrected chi connectivity index (χ2v) is 7.26. The van der Waals surface area contributed by atoms with Gasteiger partial charge in [0.05, 0.1) is 6.10 Å². The van der Waals surface area contributed by atoms with Crippen LogP contribution < -0.4 is 20.9 Å². The number of hydrazine groups is 1. The van der Waals surface area contributed by atoms with E-state index in [-0.39, 0.29) is 12.0 Å². The predicted molar refractivity (Wildman–Crippen MR) is 102 cm³/mol. The number of carbonyl (C=O) groups excluding carboxylic acids is 1. The van der Waals surface area contributed by atoms with Crippen molar-refractivity contribution in [2.24, 2.45) is 0 Å². The molecule has 0 unspecified atom stereocenters. The van der Waals surface area contributed by atoms with Crippen LogP contribution in [-0.2, 0) is 9.53 Å². The number of thiocarbonyl (C=S) groups is 1. The molecule has 1 aromatic rings. The normalized spacial score (nSPS) is 17.0. The Morgan fingerprint density at radius 1 is 1.44 bits per heavy atom. The van der Waals surface area contributed by atoms with Crippen LogP contribution in [0.2, 0.25) is 5.02 Å². The number of hydrogen-bond donors (Lipinski definition) is 3. The van der Waals surface area contributed by atoms with E-state index in [0.717, 1.165) is 25.0 Å². The molecular formula is C17H24ClN3O3S. The van der Waals surface area contributed by atoms with Gasteiger partial charge in [-0.05, 0) is 69.6 Å². The maximum atomic E-state index is 12.3. The predicted octanol–water partition coefficient (Wildman–Crippen LogP) is 2.48. The summed E-state index contributed by atoms with van der Waals surface area (Å²) >= 11 is 11.1. The topological polar surface area (TPSA) is 71.6 Å². The van der Waals surface area contributed by atoms with Gasteiger partial charge in [-0.15, -0.1) is 0 Å². The number of nitrogens with one attached hydrogen (secondary N) is 3. The first-order valence-corrected chi connectivity index (χ1v) is 8.97. The largest absolute Gasteiger partial charge is 0.478 e. The van der Waals surface area contributed by atoms with Crippen molar-refractivity contribution in [3.63, 3.8) is 0 Å². The van der Waals surface area contributed by atoms with Crippen LogP contribution in [-0.4, -0.2) is 35.9 Å². The van der Waals surface area contributed by atoms with Crippen LogP contribution >= 0.6 is 23.8 Å². The summed E-state index contributed by atoms with van der Waals surface area (Å²) in [6.07, 6.45) is 2.26. The molecule has 1 aromatic carbocycles. The molecule has 0 aliphatic carbocycles. The number of carbonyl (C=O) groups is 1. The van der Waals surface area contributed by atoms with E-state index in [0.29, 0.717) is 22.4 Å². The lowest BCUT2D eigenvalue weighted by atomic mass is 10.1. The summed E-state index contributed by atoms with van der Waals surface area (Å²) < 4.78 is 11.3. The maximum absolute atomic E-state index is 12.3. The zero-order chi connectivity index (χ0) is 18.4. The number of amides is 1. The second-order valence-electron chi connectivity index (χ2n) is 6.45. The molecule has 0 aromatic heterocycles. The minimum Gasteiger partial charge on any atom is -0.478 e. The molecule has 0 spiro atoms. The summed E-state index contributed by atoms with van der Waals surface area (Å²) in [6, 6.07) is 5.26. The van der Waals surface area contributed by atoms with Gasteiger partial charge in [0.1, 0.15) is 5.75 Å². The van der Waals surface area contributed by atoms with E-state index in [1.165, 1.54) is 0 Å². The van der Waals surface area contributed by atoms with Crippen molar-refractivity contribution in [3.05, 3.63) is 28.8 Å². The summed E-state index contributed by atoms with van der Waals surface area (Å²) in [5.41, 5.74) is 5.04. The summed E-state index contributed by atoms with van der Waals surface area (Å²) in [5, 5.41) is 4.01. The van der Waals surface area contributed by atoms with E-state index < -0.39 is 5.60 Å². The van der Waals surface area contributed by atoms with Gasteiger partial charge in [0.25, 0.3) is 5.91 Å². The molecule has 1 heterocycles. The van der Waals surface area contributed by atoms with Gasteiger partial charge in [0.2, 0.25) is 0 Å². The standard InChI is InChI=1S/C17H24ClN3O3S/c1-11-9-12(6-7-14(11)18)24-17(2,3)15(22)20-21-16(25)19-10-13-5-4-8-23-13/h6-7,9,13H,4-5,8,10H2,1-3H3,(H,20,22)(H2,19,21,25)/t13-/m0/s1. The Balaban J connectivity index is 1.79. The molecule has 1 amide bonds. The van der Waals surface area contributed by atoms with Gasteiger partial charge >= 0.3 is 0 Å². The molecule has 1 atom stereocenters. The second kappa shape index (κ2) is 8.69. The molecule has 3 N–H and O–H groups in total. The molecule has 138 valence electrons. The zero-order valence-corrected chi connectivity index (χ0v) is 16.2. The molecular weight excluding hydrogens is 362 g/mol. The first-order valence-electron chi connectivity index (χ1n) is 8.19. The number of ether oxygens (including phenoxy) is 2. The Hall–Kier alpha value is -1.57. The van der Waals surface area contributed by atoms with E-state index >= 15 is 0 Å². The van der Waals surface area contributed by atoms with Crippen LogP contribution in [0.3, 0.4) is 0 Å². The van der Waals surface area contributed by atoms with Crippen LogP contribution in [0, 0.1) is 6.92 Å². The van der Waals surface area contributed by atoms with Gasteiger partial charge in [0.15, 0.2) is 10.7 Å². The number of aryl methyl sites for hydroxylation is 1. The number of hydrogen-bond acceptors (Lipinski definition) is 4. The molecule has 6 nitrogen and oxygen atoms in total. The van der Waals surface area contributed by atoms with Crippen molar-refractivity contribution in [1.29, 1.82) is 0 Å². The van der Waals surface area contributed by atoms with Gasteiger partial charge in [-0.2, -0.15) is 0 Å². The third kappa shape index (κ3) is 6.02. The fourth-order valence-corrected chi connectivity index (χ4v) is 2.59. The molecule has 1 aliphatic rings. The highest BCUT2D eigenvalue weighted by Crippen LogP contribution is 2.24. The van der Waals surface area contributed by atoms with Gasteiger partial charge < -0.3 is 14.8 Å². The lowest BCUT2D eigenvalue weighted by molar-refractivity contribution is -0.134. The third-order valence-electron chi connectivity index (χ3n) is 3.85. The van der Waals surface area contributed by atoms with E-state index in [1.807, 2.05) is 6.92 Å². The Kier molecular flexibility index (Phi) is 6.87. The van der Waals surface area contributed by atoms with E-state index in [4.69, 9.17) is 33.3 Å². The lowest BCUT2D eigenvalue weighted by Crippen LogP contribution is -2.55. The molecule has 8 heteroatoms. The van der Waals surface area contributed by atoms with Gasteiger partial charge in [-0.25, -0.2) is 0 Å². The third-order valence-corrected chi connectivity index (χ3v) is 4.52. The van der Waals surface area contributed by atoms with Gasteiger partial charge in [0, 0.05) is 18.2 Å². The van der Waals surface area contributed by atoms with Crippen LogP contribution in [0.1, 0.15) is 32.3 Å². The van der Waals surface area contributed by atoms with Crippen LogP contribution in [0.25, 0.3) is 0 Å². The fraction of sp³-hybridized carbons (Fsp3) is 0.529. The molecule has 0 radical (unpaired) electrons. The molecule has 2 rings (SSSR count). The molecule has 1 aliphatic heterocycles. The molecule has 0 saturated carbocycles. The van der Waals surface area contributed by atoms with E-state index in [9.17, 15) is 4.79 Å².